The summed E-state index contributed by atoms with van der Waals surface area (Å²) in [6.45, 7) is 4.03. The van der Waals surface area contributed by atoms with Gasteiger partial charge in [0.15, 0.2) is 5.78 Å². The van der Waals surface area contributed by atoms with E-state index >= 15 is 0 Å². The van der Waals surface area contributed by atoms with Crippen LogP contribution in [0, 0.1) is 0 Å². The zero-order valence-corrected chi connectivity index (χ0v) is 9.91. The number of Topliss-reactive ketones (excluding diaryl/α,β-unsaturated/α-hetero) is 1. The number of amides is 2. The Kier molecular flexibility index (Phi) is 4.51. The number of ketones is 1. The summed E-state index contributed by atoms with van der Waals surface area (Å²) in [5.41, 5.74) is 0.701. The van der Waals surface area contributed by atoms with Gasteiger partial charge in [-0.15, -0.1) is 0 Å². The van der Waals surface area contributed by atoms with Gasteiger partial charge in [0.05, 0.1) is 5.69 Å². The summed E-state index contributed by atoms with van der Waals surface area (Å²) in [4.78, 5) is 22.8. The van der Waals surface area contributed by atoms with E-state index in [9.17, 15) is 14.7 Å². The van der Waals surface area contributed by atoms with Crippen molar-refractivity contribution in [2.75, 3.05) is 11.9 Å². The highest BCUT2D eigenvalue weighted by Gasteiger charge is 2.09. The van der Waals surface area contributed by atoms with Crippen molar-refractivity contribution in [3.63, 3.8) is 0 Å². The lowest BCUT2D eigenvalue weighted by atomic mass is 10.1. The van der Waals surface area contributed by atoms with E-state index in [1.165, 1.54) is 18.2 Å². The highest BCUT2D eigenvalue weighted by Crippen LogP contribution is 2.24. The van der Waals surface area contributed by atoms with Crippen molar-refractivity contribution in [1.82, 2.24) is 5.32 Å². The molecule has 17 heavy (non-hydrogen) atoms. The van der Waals surface area contributed by atoms with Crippen molar-refractivity contribution in [3.8, 4) is 5.75 Å². The summed E-state index contributed by atoms with van der Waals surface area (Å²) in [6, 6.07) is 3.98. The molecule has 92 valence electrons. The highest BCUT2D eigenvalue weighted by molar-refractivity contribution is 5.99. The molecule has 1 rings (SSSR count). The van der Waals surface area contributed by atoms with E-state index in [2.05, 4.69) is 10.6 Å². The molecule has 5 nitrogen and oxygen atoms in total. The van der Waals surface area contributed by atoms with Crippen LogP contribution in [0.5, 0.6) is 5.75 Å². The van der Waals surface area contributed by atoms with E-state index in [0.717, 1.165) is 0 Å². The second-order valence-corrected chi connectivity index (χ2v) is 3.49. The molecule has 0 spiro atoms. The monoisotopic (exact) mass is 236 g/mol. The molecule has 0 fully saturated rings. The van der Waals surface area contributed by atoms with E-state index in [1.807, 2.05) is 0 Å². The summed E-state index contributed by atoms with van der Waals surface area (Å²) in [5.74, 6) is -0.104. The van der Waals surface area contributed by atoms with Crippen LogP contribution in [-0.4, -0.2) is 23.5 Å². The molecular weight excluding hydrogens is 220 g/mol. The lowest BCUT2D eigenvalue weighted by Gasteiger charge is -2.09. The fraction of sp³-hybridized carbons (Fsp3) is 0.333. The van der Waals surface area contributed by atoms with E-state index in [1.54, 1.807) is 13.8 Å². The van der Waals surface area contributed by atoms with Gasteiger partial charge < -0.3 is 15.7 Å². The van der Waals surface area contributed by atoms with Crippen LogP contribution in [0.25, 0.3) is 0 Å². The van der Waals surface area contributed by atoms with Crippen molar-refractivity contribution in [2.45, 2.75) is 20.3 Å². The van der Waals surface area contributed by atoms with Crippen molar-refractivity contribution in [2.24, 2.45) is 0 Å². The number of urea groups is 1. The molecule has 1 aromatic rings. The molecule has 0 bridgehead atoms. The number of hydrogen-bond acceptors (Lipinski definition) is 3. The Morgan fingerprint density at radius 2 is 2.00 bits per heavy atom. The molecule has 1 aromatic carbocycles. The van der Waals surface area contributed by atoms with E-state index < -0.39 is 6.03 Å². The van der Waals surface area contributed by atoms with E-state index in [-0.39, 0.29) is 17.2 Å². The van der Waals surface area contributed by atoms with Crippen LogP contribution < -0.4 is 10.6 Å². The fourth-order valence-corrected chi connectivity index (χ4v) is 1.34. The average molecular weight is 236 g/mol. The maximum absolute atomic E-state index is 11.5. The lowest BCUT2D eigenvalue weighted by Crippen LogP contribution is -2.28. The van der Waals surface area contributed by atoms with Crippen LogP contribution in [0.2, 0.25) is 0 Å². The molecule has 0 aliphatic rings. The van der Waals surface area contributed by atoms with Crippen LogP contribution in [0.4, 0.5) is 10.5 Å². The first kappa shape index (κ1) is 13.0. The molecule has 0 aromatic heterocycles. The third-order valence-electron chi connectivity index (χ3n) is 2.23. The summed E-state index contributed by atoms with van der Waals surface area (Å²) >= 11 is 0. The SMILES string of the molecule is CCNC(=O)Nc1cc(C(=O)CC)ccc1O. The van der Waals surface area contributed by atoms with Gasteiger partial charge in [-0.3, -0.25) is 4.79 Å². The zero-order chi connectivity index (χ0) is 12.8. The maximum Gasteiger partial charge on any atom is 0.319 e. The van der Waals surface area contributed by atoms with Gasteiger partial charge in [0.2, 0.25) is 0 Å². The Morgan fingerprint density at radius 1 is 1.29 bits per heavy atom. The molecule has 0 saturated carbocycles. The standard InChI is InChI=1S/C12H16N2O3/c1-3-10(15)8-5-6-11(16)9(7-8)14-12(17)13-4-2/h5-7,16H,3-4H2,1-2H3,(H2,13,14,17). The smallest absolute Gasteiger partial charge is 0.319 e. The number of nitrogens with one attached hydrogen (secondary N) is 2. The molecule has 0 saturated heterocycles. The van der Waals surface area contributed by atoms with Crippen LogP contribution >= 0.6 is 0 Å². The van der Waals surface area contributed by atoms with Gasteiger partial charge in [0.1, 0.15) is 5.75 Å². The van der Waals surface area contributed by atoms with Gasteiger partial charge in [-0.2, -0.15) is 0 Å². The van der Waals surface area contributed by atoms with Crippen molar-refractivity contribution in [3.05, 3.63) is 23.8 Å². The third-order valence-corrected chi connectivity index (χ3v) is 2.23. The van der Waals surface area contributed by atoms with Crippen LogP contribution in [0.1, 0.15) is 30.6 Å². The van der Waals surface area contributed by atoms with Gasteiger partial charge in [-0.1, -0.05) is 6.92 Å². The lowest BCUT2D eigenvalue weighted by molar-refractivity contribution is 0.0988. The predicted molar refractivity (Wildman–Crippen MR) is 65.4 cm³/mol. The Morgan fingerprint density at radius 3 is 2.59 bits per heavy atom. The van der Waals surface area contributed by atoms with Crippen molar-refractivity contribution < 1.29 is 14.7 Å². The molecule has 0 atom stereocenters. The second kappa shape index (κ2) is 5.89. The largest absolute Gasteiger partial charge is 0.506 e. The van der Waals surface area contributed by atoms with Crippen LogP contribution in [0.3, 0.4) is 0 Å². The Hall–Kier alpha value is -2.04. The molecule has 3 N–H and O–H groups in total. The maximum atomic E-state index is 11.5. The average Bonchev–Trinajstić information content (AvgIpc) is 2.31. The number of phenols is 1. The van der Waals surface area contributed by atoms with Gasteiger partial charge >= 0.3 is 6.03 Å². The predicted octanol–water partition coefficient (Wildman–Crippen LogP) is 2.13. The number of carbonyl (C=O) groups is 2. The number of hydrogen-bond donors (Lipinski definition) is 3. The van der Waals surface area contributed by atoms with Gasteiger partial charge in [0.25, 0.3) is 0 Å². The number of anilines is 1. The normalized spacial score (nSPS) is 9.76. The first-order chi connectivity index (χ1) is 8.08. The number of benzene rings is 1. The molecule has 2 amide bonds. The number of aromatic hydroxyl groups is 1. The van der Waals surface area contributed by atoms with Crippen molar-refractivity contribution in [1.29, 1.82) is 0 Å². The minimum absolute atomic E-state index is 0.0380. The summed E-state index contributed by atoms with van der Waals surface area (Å²) in [6.07, 6.45) is 0.380. The van der Waals surface area contributed by atoms with E-state index in [4.69, 9.17) is 0 Å². The molecule has 0 aliphatic carbocycles. The molecule has 0 heterocycles. The molecule has 5 heteroatoms. The molecular formula is C12H16N2O3. The van der Waals surface area contributed by atoms with Crippen molar-refractivity contribution >= 4 is 17.5 Å². The zero-order valence-electron chi connectivity index (χ0n) is 9.91. The summed E-state index contributed by atoms with van der Waals surface area (Å²) < 4.78 is 0. The third kappa shape index (κ3) is 3.48. The van der Waals surface area contributed by atoms with E-state index in [0.29, 0.717) is 18.5 Å². The van der Waals surface area contributed by atoms with Gasteiger partial charge in [0, 0.05) is 18.5 Å². The van der Waals surface area contributed by atoms with Gasteiger partial charge in [-0.25, -0.2) is 4.79 Å². The minimum atomic E-state index is -0.413. The number of phenolic OH excluding ortho intramolecular Hbond substituents is 1. The Balaban J connectivity index is 2.90. The number of carbonyl (C=O) groups excluding carboxylic acids is 2. The van der Waals surface area contributed by atoms with Crippen LogP contribution in [-0.2, 0) is 0 Å². The van der Waals surface area contributed by atoms with Gasteiger partial charge in [-0.05, 0) is 25.1 Å². The quantitative estimate of drug-likeness (QED) is 0.553. The number of rotatable bonds is 4. The first-order valence-electron chi connectivity index (χ1n) is 5.49. The molecule has 0 aliphatic heterocycles. The minimum Gasteiger partial charge on any atom is -0.506 e. The Labute approximate surface area is 99.8 Å². The molecule has 0 unspecified atom stereocenters. The topological polar surface area (TPSA) is 78.4 Å². The summed E-state index contributed by atoms with van der Waals surface area (Å²) in [7, 11) is 0. The highest BCUT2D eigenvalue weighted by atomic mass is 16.3. The Bertz CT molecular complexity index is 430. The molecule has 0 radical (unpaired) electrons. The fourth-order valence-electron chi connectivity index (χ4n) is 1.34. The summed E-state index contributed by atoms with van der Waals surface area (Å²) in [5, 5.41) is 14.6. The first-order valence-corrected chi connectivity index (χ1v) is 5.49. The second-order valence-electron chi connectivity index (χ2n) is 3.49. The van der Waals surface area contributed by atoms with Crippen LogP contribution in [0.15, 0.2) is 18.2 Å².